The Morgan fingerprint density at radius 2 is 2.43 bits per heavy atom. The van der Waals surface area contributed by atoms with E-state index in [1.165, 1.54) is 32.5 Å². The number of rotatable bonds is 9. The molecule has 2 unspecified atom stereocenters. The van der Waals surface area contributed by atoms with Crippen LogP contribution in [0.25, 0.3) is 0 Å². The van der Waals surface area contributed by atoms with Crippen LogP contribution in [0, 0.1) is 5.92 Å². The Balaban J connectivity index is 1.51. The van der Waals surface area contributed by atoms with Gasteiger partial charge in [0, 0.05) is 19.2 Å². The summed E-state index contributed by atoms with van der Waals surface area (Å²) in [6.07, 6.45) is 5.44. The van der Waals surface area contributed by atoms with Crippen molar-refractivity contribution in [3.8, 4) is 0 Å². The summed E-state index contributed by atoms with van der Waals surface area (Å²) in [5, 5.41) is 3.66. The minimum Gasteiger partial charge on any atom is -0.467 e. The molecule has 1 aromatic rings. The maximum absolute atomic E-state index is 5.60. The molecule has 0 amide bonds. The first-order chi connectivity index (χ1) is 10.3. The molecule has 2 atom stereocenters. The summed E-state index contributed by atoms with van der Waals surface area (Å²) in [4.78, 5) is 2.57. The van der Waals surface area contributed by atoms with Gasteiger partial charge in [0.05, 0.1) is 6.26 Å². The summed E-state index contributed by atoms with van der Waals surface area (Å²) in [7, 11) is 0. The highest BCUT2D eigenvalue weighted by atomic mass is 16.5. The van der Waals surface area contributed by atoms with Crippen LogP contribution in [-0.2, 0) is 11.3 Å². The zero-order valence-corrected chi connectivity index (χ0v) is 13.5. The van der Waals surface area contributed by atoms with Crippen molar-refractivity contribution in [3.05, 3.63) is 24.2 Å². The molecule has 0 radical (unpaired) electrons. The van der Waals surface area contributed by atoms with E-state index in [4.69, 9.17) is 9.15 Å². The minimum atomic E-state index is 0.580. The average Bonchev–Trinajstić information content (AvgIpc) is 3.04. The second-order valence-electron chi connectivity index (χ2n) is 6.02. The average molecular weight is 294 g/mol. The van der Waals surface area contributed by atoms with Gasteiger partial charge in [-0.25, -0.2) is 0 Å². The monoisotopic (exact) mass is 294 g/mol. The molecule has 2 rings (SSSR count). The normalized spacial score (nSPS) is 21.5. The second kappa shape index (κ2) is 9.23. The van der Waals surface area contributed by atoms with E-state index in [1.807, 2.05) is 12.1 Å². The quantitative estimate of drug-likeness (QED) is 0.711. The van der Waals surface area contributed by atoms with Gasteiger partial charge in [-0.05, 0) is 63.9 Å². The van der Waals surface area contributed by atoms with E-state index in [9.17, 15) is 0 Å². The number of piperidine rings is 1. The highest BCUT2D eigenvalue weighted by Crippen LogP contribution is 2.19. The third kappa shape index (κ3) is 5.81. The molecule has 1 saturated heterocycles. The molecule has 1 aromatic heterocycles. The Bertz CT molecular complexity index is 367. The fourth-order valence-corrected chi connectivity index (χ4v) is 3.02. The predicted molar refractivity (Wildman–Crippen MR) is 85.3 cm³/mol. The molecule has 1 aliphatic rings. The Labute approximate surface area is 128 Å². The fourth-order valence-electron chi connectivity index (χ4n) is 3.02. The third-order valence-corrected chi connectivity index (χ3v) is 4.45. The molecule has 4 heteroatoms. The molecule has 1 fully saturated rings. The van der Waals surface area contributed by atoms with Gasteiger partial charge in [0.25, 0.3) is 0 Å². The Morgan fingerprint density at radius 1 is 1.52 bits per heavy atom. The highest BCUT2D eigenvalue weighted by molar-refractivity contribution is 4.95. The molecule has 0 aliphatic carbocycles. The van der Waals surface area contributed by atoms with Crippen molar-refractivity contribution in [2.45, 2.75) is 45.8 Å². The van der Waals surface area contributed by atoms with Crippen LogP contribution in [-0.4, -0.2) is 43.7 Å². The summed E-state index contributed by atoms with van der Waals surface area (Å²) < 4.78 is 10.8. The van der Waals surface area contributed by atoms with E-state index >= 15 is 0 Å². The third-order valence-electron chi connectivity index (χ3n) is 4.45. The Kier molecular flexibility index (Phi) is 7.27. The van der Waals surface area contributed by atoms with Crippen LogP contribution in [0.3, 0.4) is 0 Å². The molecule has 0 saturated carbocycles. The van der Waals surface area contributed by atoms with Crippen molar-refractivity contribution in [3.63, 3.8) is 0 Å². The predicted octanol–water partition coefficient (Wildman–Crippen LogP) is 2.90. The number of hydrogen-bond donors (Lipinski definition) is 1. The van der Waals surface area contributed by atoms with Crippen molar-refractivity contribution in [1.82, 2.24) is 10.2 Å². The molecule has 0 spiro atoms. The minimum absolute atomic E-state index is 0.580. The molecule has 4 nitrogen and oxygen atoms in total. The van der Waals surface area contributed by atoms with Crippen molar-refractivity contribution < 1.29 is 9.15 Å². The standard InChI is InChI=1S/C17H30N2O2/c1-3-19-10-4-7-16(13-19)15(2)18-9-6-11-20-14-17-8-5-12-21-17/h5,8,12,15-16,18H,3-4,6-7,9-11,13-14H2,1-2H3. The number of nitrogens with zero attached hydrogens (tertiary/aromatic N) is 1. The number of hydrogen-bond acceptors (Lipinski definition) is 4. The summed E-state index contributed by atoms with van der Waals surface area (Å²) in [5.41, 5.74) is 0. The molecule has 1 aliphatic heterocycles. The Hall–Kier alpha value is -0.840. The molecule has 2 heterocycles. The molecule has 120 valence electrons. The lowest BCUT2D eigenvalue weighted by molar-refractivity contribution is 0.102. The Morgan fingerprint density at radius 3 is 3.19 bits per heavy atom. The number of likely N-dealkylation sites (tertiary alicyclic amines) is 1. The van der Waals surface area contributed by atoms with Gasteiger partial charge in [-0.2, -0.15) is 0 Å². The van der Waals surface area contributed by atoms with Crippen LogP contribution in [0.15, 0.2) is 22.8 Å². The van der Waals surface area contributed by atoms with Gasteiger partial charge in [-0.3, -0.25) is 0 Å². The zero-order chi connectivity index (χ0) is 14.9. The highest BCUT2D eigenvalue weighted by Gasteiger charge is 2.23. The van der Waals surface area contributed by atoms with Crippen molar-refractivity contribution >= 4 is 0 Å². The van der Waals surface area contributed by atoms with E-state index in [0.717, 1.165) is 31.3 Å². The van der Waals surface area contributed by atoms with Gasteiger partial charge < -0.3 is 19.4 Å². The van der Waals surface area contributed by atoms with Crippen molar-refractivity contribution in [2.24, 2.45) is 5.92 Å². The summed E-state index contributed by atoms with van der Waals surface area (Å²) in [6.45, 7) is 10.7. The summed E-state index contributed by atoms with van der Waals surface area (Å²) in [5.74, 6) is 1.70. The van der Waals surface area contributed by atoms with E-state index in [0.29, 0.717) is 12.6 Å². The summed E-state index contributed by atoms with van der Waals surface area (Å²) in [6, 6.07) is 4.44. The maximum atomic E-state index is 5.60. The second-order valence-corrected chi connectivity index (χ2v) is 6.02. The molecular formula is C17H30N2O2. The zero-order valence-electron chi connectivity index (χ0n) is 13.5. The van der Waals surface area contributed by atoms with Gasteiger partial charge in [-0.15, -0.1) is 0 Å². The van der Waals surface area contributed by atoms with Crippen molar-refractivity contribution in [1.29, 1.82) is 0 Å². The van der Waals surface area contributed by atoms with Crippen LogP contribution in [0.2, 0.25) is 0 Å². The fraction of sp³-hybridized carbons (Fsp3) is 0.765. The number of furan rings is 1. The summed E-state index contributed by atoms with van der Waals surface area (Å²) >= 11 is 0. The maximum Gasteiger partial charge on any atom is 0.129 e. The van der Waals surface area contributed by atoms with Crippen LogP contribution in [0.5, 0.6) is 0 Å². The number of ether oxygens (including phenoxy) is 1. The first-order valence-corrected chi connectivity index (χ1v) is 8.35. The number of nitrogens with one attached hydrogen (secondary N) is 1. The molecule has 0 aromatic carbocycles. The SMILES string of the molecule is CCN1CCCC(C(C)NCCCOCc2ccco2)C1. The molecular weight excluding hydrogens is 264 g/mol. The van der Waals surface area contributed by atoms with E-state index in [-0.39, 0.29) is 0 Å². The van der Waals surface area contributed by atoms with Gasteiger partial charge in [0.2, 0.25) is 0 Å². The lowest BCUT2D eigenvalue weighted by Crippen LogP contribution is -2.44. The lowest BCUT2D eigenvalue weighted by atomic mass is 9.91. The molecule has 0 bridgehead atoms. The lowest BCUT2D eigenvalue weighted by Gasteiger charge is -2.35. The van der Waals surface area contributed by atoms with Gasteiger partial charge in [-0.1, -0.05) is 6.92 Å². The van der Waals surface area contributed by atoms with Crippen LogP contribution in [0.1, 0.15) is 38.9 Å². The van der Waals surface area contributed by atoms with E-state index in [2.05, 4.69) is 24.1 Å². The van der Waals surface area contributed by atoms with Crippen molar-refractivity contribution in [2.75, 3.05) is 32.8 Å². The largest absolute Gasteiger partial charge is 0.467 e. The smallest absolute Gasteiger partial charge is 0.129 e. The first-order valence-electron chi connectivity index (χ1n) is 8.35. The van der Waals surface area contributed by atoms with Gasteiger partial charge in [0.15, 0.2) is 0 Å². The van der Waals surface area contributed by atoms with Crippen LogP contribution < -0.4 is 5.32 Å². The van der Waals surface area contributed by atoms with Crippen LogP contribution in [0.4, 0.5) is 0 Å². The van der Waals surface area contributed by atoms with Crippen LogP contribution >= 0.6 is 0 Å². The first kappa shape index (κ1) is 16.5. The van der Waals surface area contributed by atoms with Gasteiger partial charge >= 0.3 is 0 Å². The van der Waals surface area contributed by atoms with E-state index < -0.39 is 0 Å². The van der Waals surface area contributed by atoms with Gasteiger partial charge in [0.1, 0.15) is 12.4 Å². The molecule has 21 heavy (non-hydrogen) atoms. The molecule has 1 N–H and O–H groups in total. The van der Waals surface area contributed by atoms with E-state index in [1.54, 1.807) is 6.26 Å². The topological polar surface area (TPSA) is 37.6 Å².